The number of rotatable bonds is 8. The smallest absolute Gasteiger partial charge is 0.215 e. The molecule has 1 aromatic carbocycles. The first-order valence-corrected chi connectivity index (χ1v) is 12.0. The summed E-state index contributed by atoms with van der Waals surface area (Å²) >= 11 is 0. The number of hydrogen-bond donors (Lipinski definition) is 2. The zero-order chi connectivity index (χ0) is 22.1. The first-order valence-electron chi connectivity index (χ1n) is 10.4. The van der Waals surface area contributed by atoms with E-state index in [9.17, 15) is 12.8 Å². The van der Waals surface area contributed by atoms with Gasteiger partial charge in [0.05, 0.1) is 12.3 Å². The molecule has 0 amide bonds. The van der Waals surface area contributed by atoms with E-state index in [0.717, 1.165) is 5.82 Å². The first kappa shape index (κ1) is 26.3. The van der Waals surface area contributed by atoms with Gasteiger partial charge >= 0.3 is 0 Å². The minimum absolute atomic E-state index is 0. The fourth-order valence-corrected chi connectivity index (χ4v) is 4.63. The second-order valence-electron chi connectivity index (χ2n) is 7.10. The minimum atomic E-state index is -3.39. The van der Waals surface area contributed by atoms with E-state index in [-0.39, 0.29) is 48.6 Å². The van der Waals surface area contributed by atoms with Crippen LogP contribution in [0.3, 0.4) is 0 Å². The Labute approximate surface area is 206 Å². The molecule has 32 heavy (non-hydrogen) atoms. The highest BCUT2D eigenvalue weighted by atomic mass is 127. The van der Waals surface area contributed by atoms with Gasteiger partial charge in [-0.1, -0.05) is 24.3 Å². The van der Waals surface area contributed by atoms with Gasteiger partial charge in [0.1, 0.15) is 11.6 Å². The molecule has 0 unspecified atom stereocenters. The topological polar surface area (TPSA) is 89.9 Å². The Morgan fingerprint density at radius 2 is 1.81 bits per heavy atom. The third-order valence-electron chi connectivity index (χ3n) is 4.97. The molecule has 0 saturated carbocycles. The maximum Gasteiger partial charge on any atom is 0.215 e. The number of sulfonamides is 1. The summed E-state index contributed by atoms with van der Waals surface area (Å²) in [6.45, 7) is 4.99. The third kappa shape index (κ3) is 7.55. The maximum absolute atomic E-state index is 13.8. The molecule has 1 fully saturated rings. The van der Waals surface area contributed by atoms with E-state index in [2.05, 4.69) is 25.5 Å². The molecule has 8 nitrogen and oxygen atoms in total. The third-order valence-corrected chi connectivity index (χ3v) is 6.84. The van der Waals surface area contributed by atoms with Crippen LogP contribution in [0.5, 0.6) is 0 Å². The number of pyridine rings is 1. The van der Waals surface area contributed by atoms with Crippen LogP contribution in [0.15, 0.2) is 53.7 Å². The average Bonchev–Trinajstić information content (AvgIpc) is 2.79. The summed E-state index contributed by atoms with van der Waals surface area (Å²) in [5.74, 6) is 0.971. The Kier molecular flexibility index (Phi) is 10.6. The standard InChI is InChI=1S/C21H29FN6O2S.HI/c1-2-23-21(26-17-18-7-3-4-8-19(18)22)25-11-16-31(29,30)28-14-12-27(13-15-28)20-9-5-6-10-24-20;/h3-10H,2,11-17H2,1H3,(H2,23,25,26);1H. The van der Waals surface area contributed by atoms with Crippen molar-refractivity contribution < 1.29 is 12.8 Å². The number of guanidine groups is 1. The summed E-state index contributed by atoms with van der Waals surface area (Å²) in [4.78, 5) is 10.8. The number of anilines is 1. The number of aliphatic imine (C=N–C) groups is 1. The molecule has 0 radical (unpaired) electrons. The highest BCUT2D eigenvalue weighted by molar-refractivity contribution is 14.0. The van der Waals surface area contributed by atoms with Gasteiger partial charge in [-0.25, -0.2) is 22.8 Å². The lowest BCUT2D eigenvalue weighted by atomic mass is 10.2. The lowest BCUT2D eigenvalue weighted by Crippen LogP contribution is -2.50. The summed E-state index contributed by atoms with van der Waals surface area (Å²) in [6.07, 6.45) is 1.74. The van der Waals surface area contributed by atoms with Crippen molar-refractivity contribution in [2.24, 2.45) is 4.99 Å². The molecule has 2 heterocycles. The SMILES string of the molecule is CCNC(=NCc1ccccc1F)NCCS(=O)(=O)N1CCN(c2ccccn2)CC1.I. The summed E-state index contributed by atoms with van der Waals surface area (Å²) in [5, 5.41) is 6.09. The van der Waals surface area contributed by atoms with Gasteiger partial charge in [0.2, 0.25) is 10.0 Å². The van der Waals surface area contributed by atoms with Gasteiger partial charge in [0.25, 0.3) is 0 Å². The zero-order valence-corrected chi connectivity index (χ0v) is 21.2. The van der Waals surface area contributed by atoms with Gasteiger partial charge in [0.15, 0.2) is 5.96 Å². The van der Waals surface area contributed by atoms with Crippen LogP contribution < -0.4 is 15.5 Å². The predicted molar refractivity (Wildman–Crippen MR) is 136 cm³/mol. The van der Waals surface area contributed by atoms with Gasteiger partial charge in [-0.15, -0.1) is 24.0 Å². The second-order valence-corrected chi connectivity index (χ2v) is 9.19. The van der Waals surface area contributed by atoms with Gasteiger partial charge in [-0.2, -0.15) is 4.31 Å². The van der Waals surface area contributed by atoms with Crippen molar-refractivity contribution in [1.82, 2.24) is 19.9 Å². The fourth-order valence-electron chi connectivity index (χ4n) is 3.30. The molecule has 0 spiro atoms. The van der Waals surface area contributed by atoms with Crippen LogP contribution in [0.25, 0.3) is 0 Å². The molecule has 1 saturated heterocycles. The van der Waals surface area contributed by atoms with Crippen LogP contribution in [0.4, 0.5) is 10.2 Å². The highest BCUT2D eigenvalue weighted by Crippen LogP contribution is 2.14. The van der Waals surface area contributed by atoms with Gasteiger partial charge in [0, 0.05) is 51.0 Å². The molecule has 2 aromatic rings. The van der Waals surface area contributed by atoms with Crippen molar-refractivity contribution in [2.75, 3.05) is 49.9 Å². The molecular formula is C21H30FIN6O2S. The molecule has 1 aliphatic rings. The Morgan fingerprint density at radius 1 is 1.09 bits per heavy atom. The summed E-state index contributed by atoms with van der Waals surface area (Å²) < 4.78 is 40.8. The van der Waals surface area contributed by atoms with E-state index in [1.807, 2.05) is 25.1 Å². The highest BCUT2D eigenvalue weighted by Gasteiger charge is 2.27. The number of aromatic nitrogens is 1. The largest absolute Gasteiger partial charge is 0.357 e. The van der Waals surface area contributed by atoms with E-state index in [1.165, 1.54) is 10.4 Å². The van der Waals surface area contributed by atoms with Crippen molar-refractivity contribution in [1.29, 1.82) is 0 Å². The molecule has 0 bridgehead atoms. The van der Waals surface area contributed by atoms with Crippen molar-refractivity contribution in [3.63, 3.8) is 0 Å². The molecule has 0 atom stereocenters. The molecule has 3 rings (SSSR count). The Balaban J connectivity index is 0.00000363. The summed E-state index contributed by atoms with van der Waals surface area (Å²) in [6, 6.07) is 12.2. The molecule has 176 valence electrons. The van der Waals surface area contributed by atoms with Crippen LogP contribution in [-0.4, -0.2) is 68.7 Å². The molecular weight excluding hydrogens is 546 g/mol. The zero-order valence-electron chi connectivity index (χ0n) is 18.1. The minimum Gasteiger partial charge on any atom is -0.357 e. The van der Waals surface area contributed by atoms with E-state index < -0.39 is 10.0 Å². The molecule has 1 aromatic heterocycles. The molecule has 11 heteroatoms. The first-order chi connectivity index (χ1) is 15.0. The number of nitrogens with one attached hydrogen (secondary N) is 2. The van der Waals surface area contributed by atoms with Crippen LogP contribution in [0, 0.1) is 5.82 Å². The average molecular weight is 576 g/mol. The van der Waals surface area contributed by atoms with Crippen molar-refractivity contribution >= 4 is 45.8 Å². The monoisotopic (exact) mass is 576 g/mol. The maximum atomic E-state index is 13.8. The Morgan fingerprint density at radius 3 is 2.47 bits per heavy atom. The second kappa shape index (κ2) is 12.9. The van der Waals surface area contributed by atoms with Gasteiger partial charge < -0.3 is 15.5 Å². The van der Waals surface area contributed by atoms with E-state index >= 15 is 0 Å². The normalized spacial score (nSPS) is 15.2. The van der Waals surface area contributed by atoms with E-state index in [4.69, 9.17) is 0 Å². The lowest BCUT2D eigenvalue weighted by molar-refractivity contribution is 0.384. The number of hydrogen-bond acceptors (Lipinski definition) is 5. The molecule has 1 aliphatic heterocycles. The van der Waals surface area contributed by atoms with E-state index in [0.29, 0.717) is 44.2 Å². The molecule has 0 aliphatic carbocycles. The van der Waals surface area contributed by atoms with Crippen molar-refractivity contribution in [3.05, 3.63) is 60.0 Å². The van der Waals surface area contributed by atoms with Crippen LogP contribution >= 0.6 is 24.0 Å². The number of benzene rings is 1. The fraction of sp³-hybridized carbons (Fsp3) is 0.429. The van der Waals surface area contributed by atoms with Crippen LogP contribution in [0.2, 0.25) is 0 Å². The van der Waals surface area contributed by atoms with Gasteiger partial charge in [-0.05, 0) is 25.1 Å². The van der Waals surface area contributed by atoms with Crippen molar-refractivity contribution in [2.45, 2.75) is 13.5 Å². The van der Waals surface area contributed by atoms with Crippen LogP contribution in [0.1, 0.15) is 12.5 Å². The number of halogens is 2. The van der Waals surface area contributed by atoms with Gasteiger partial charge in [-0.3, -0.25) is 0 Å². The number of piperazine rings is 1. The lowest BCUT2D eigenvalue weighted by Gasteiger charge is -2.34. The van der Waals surface area contributed by atoms with Crippen molar-refractivity contribution in [3.8, 4) is 0 Å². The summed E-state index contributed by atoms with van der Waals surface area (Å²) in [7, 11) is -3.39. The number of nitrogens with zero attached hydrogens (tertiary/aromatic N) is 4. The predicted octanol–water partition coefficient (Wildman–Crippen LogP) is 2.05. The molecule has 2 N–H and O–H groups in total. The van der Waals surface area contributed by atoms with E-state index in [1.54, 1.807) is 24.4 Å². The van der Waals surface area contributed by atoms with Crippen LogP contribution in [-0.2, 0) is 16.6 Å². The quantitative estimate of drug-likeness (QED) is 0.284. The Hall–Kier alpha value is -1.99. The summed E-state index contributed by atoms with van der Waals surface area (Å²) in [5.41, 5.74) is 0.484. The Bertz CT molecular complexity index is 969.